The van der Waals surface area contributed by atoms with Gasteiger partial charge in [-0.3, -0.25) is 9.52 Å². The number of benzene rings is 2. The van der Waals surface area contributed by atoms with Crippen molar-refractivity contribution in [1.29, 1.82) is 0 Å². The maximum atomic E-state index is 14.6. The number of hydrogen-bond donors (Lipinski definition) is 1. The topological polar surface area (TPSA) is 119 Å². The standard InChI is InChI=1S/C39H53ClN4O7S/c1-26-8-6-10-35(49-5)28(3)27(2)20-44-24-39(15-7-9-29-18-31(40)12-13-33(29)39)25-51-36-14-11-30(19-34(36)44)37(45)41-52(47,23-26)42-38(46)43-16-17-50-32(21-43)22-48-4/h6,10-14,18-19,26-28,32,35H,7-9,15-17,20-25H2,1-5H3,(H,41,42,45,46,47)/b10-6-/t26-,27-,28+,32-,35-,39-,52?/m0/s1. The minimum Gasteiger partial charge on any atom is -0.490 e. The van der Waals surface area contributed by atoms with Gasteiger partial charge in [0.2, 0.25) is 0 Å². The molecule has 2 aromatic carbocycles. The zero-order chi connectivity index (χ0) is 37.0. The van der Waals surface area contributed by atoms with Gasteiger partial charge in [-0.2, -0.15) is 0 Å². The molecule has 6 rings (SSSR count). The predicted octanol–water partition coefficient (Wildman–Crippen LogP) is 6.28. The molecule has 2 aromatic rings. The molecule has 1 aliphatic carbocycles. The van der Waals surface area contributed by atoms with Crippen LogP contribution in [0.25, 0.3) is 0 Å². The molecule has 3 heterocycles. The smallest absolute Gasteiger partial charge is 0.330 e. The number of morpholine rings is 1. The first-order valence-electron chi connectivity index (χ1n) is 18.4. The van der Waals surface area contributed by atoms with Gasteiger partial charge in [-0.15, -0.1) is 4.36 Å². The summed E-state index contributed by atoms with van der Waals surface area (Å²) in [7, 11) is -0.234. The number of carbonyl (C=O) groups is 2. The van der Waals surface area contributed by atoms with Crippen molar-refractivity contribution in [2.45, 2.75) is 64.1 Å². The van der Waals surface area contributed by atoms with Crippen LogP contribution in [-0.2, 0) is 36.0 Å². The van der Waals surface area contributed by atoms with Crippen LogP contribution >= 0.6 is 11.6 Å². The number of rotatable bonds is 4. The molecule has 1 N–H and O–H groups in total. The number of nitrogens with zero attached hydrogens (tertiary/aromatic N) is 3. The Balaban J connectivity index is 1.40. The molecule has 1 saturated heterocycles. The fourth-order valence-electron chi connectivity index (χ4n) is 8.13. The third kappa shape index (κ3) is 8.62. The molecular formula is C39H53ClN4O7S. The van der Waals surface area contributed by atoms with Gasteiger partial charge >= 0.3 is 6.03 Å². The Kier molecular flexibility index (Phi) is 12.2. The van der Waals surface area contributed by atoms with Gasteiger partial charge in [-0.05, 0) is 84.9 Å². The van der Waals surface area contributed by atoms with Crippen LogP contribution in [0.1, 0.15) is 61.5 Å². The molecule has 3 aliphatic heterocycles. The molecule has 4 aliphatic rings. The molecule has 52 heavy (non-hydrogen) atoms. The maximum absolute atomic E-state index is 14.6. The number of allylic oxidation sites excluding steroid dienone is 1. The van der Waals surface area contributed by atoms with Crippen molar-refractivity contribution in [2.75, 3.05) is 70.9 Å². The molecule has 3 amide bonds. The fraction of sp³-hybridized carbons (Fsp3) is 0.590. The number of amides is 3. The molecule has 1 unspecified atom stereocenters. The van der Waals surface area contributed by atoms with Crippen molar-refractivity contribution >= 4 is 39.1 Å². The summed E-state index contributed by atoms with van der Waals surface area (Å²) in [4.78, 5) is 31.5. The van der Waals surface area contributed by atoms with Crippen LogP contribution in [0.2, 0.25) is 5.02 Å². The van der Waals surface area contributed by atoms with E-state index in [0.717, 1.165) is 30.0 Å². The average Bonchev–Trinajstić information content (AvgIpc) is 3.26. The van der Waals surface area contributed by atoms with Crippen molar-refractivity contribution in [3.8, 4) is 5.75 Å². The first-order chi connectivity index (χ1) is 24.9. The fourth-order valence-corrected chi connectivity index (χ4v) is 10.2. The Morgan fingerprint density at radius 2 is 1.98 bits per heavy atom. The van der Waals surface area contributed by atoms with Gasteiger partial charge in [-0.25, -0.2) is 9.00 Å². The van der Waals surface area contributed by atoms with E-state index < -0.39 is 21.9 Å². The van der Waals surface area contributed by atoms with E-state index in [9.17, 15) is 13.8 Å². The molecule has 0 radical (unpaired) electrons. The van der Waals surface area contributed by atoms with E-state index in [0.29, 0.717) is 51.6 Å². The largest absolute Gasteiger partial charge is 0.490 e. The predicted molar refractivity (Wildman–Crippen MR) is 204 cm³/mol. The number of anilines is 1. The lowest BCUT2D eigenvalue weighted by Gasteiger charge is -2.42. The van der Waals surface area contributed by atoms with E-state index in [1.165, 1.54) is 11.1 Å². The summed E-state index contributed by atoms with van der Waals surface area (Å²) in [5.74, 6) is 0.224. The molecule has 1 fully saturated rings. The second kappa shape index (κ2) is 16.5. The Labute approximate surface area is 313 Å². The van der Waals surface area contributed by atoms with Crippen molar-refractivity contribution in [3.63, 3.8) is 0 Å². The zero-order valence-electron chi connectivity index (χ0n) is 31.0. The van der Waals surface area contributed by atoms with Gasteiger partial charge in [0.25, 0.3) is 5.91 Å². The number of methoxy groups -OCH3 is 2. The van der Waals surface area contributed by atoms with Gasteiger partial charge in [-0.1, -0.05) is 50.6 Å². The van der Waals surface area contributed by atoms with Crippen molar-refractivity contribution in [3.05, 3.63) is 70.3 Å². The second-order valence-corrected chi connectivity index (χ2v) is 17.5. The quantitative estimate of drug-likeness (QED) is 0.363. The number of aryl methyl sites for hydroxylation is 1. The molecule has 1 spiro atoms. The molecule has 284 valence electrons. The lowest BCUT2D eigenvalue weighted by Crippen LogP contribution is -2.52. The number of ether oxygens (including phenoxy) is 4. The summed E-state index contributed by atoms with van der Waals surface area (Å²) in [6, 6.07) is 11.0. The van der Waals surface area contributed by atoms with Crippen molar-refractivity contribution in [2.24, 2.45) is 22.1 Å². The van der Waals surface area contributed by atoms with E-state index >= 15 is 0 Å². The highest BCUT2D eigenvalue weighted by Gasteiger charge is 2.42. The maximum Gasteiger partial charge on any atom is 0.330 e. The Morgan fingerprint density at radius 1 is 1.15 bits per heavy atom. The number of carbonyl (C=O) groups excluding carboxylic acids is 2. The summed E-state index contributed by atoms with van der Waals surface area (Å²) in [6.45, 7) is 9.51. The average molecular weight is 757 g/mol. The first kappa shape index (κ1) is 38.6. The van der Waals surface area contributed by atoms with E-state index in [4.69, 9.17) is 30.5 Å². The number of urea groups is 1. The summed E-state index contributed by atoms with van der Waals surface area (Å²) >= 11 is 6.46. The highest BCUT2D eigenvalue weighted by atomic mass is 35.5. The molecule has 7 atom stereocenters. The SMILES string of the molecule is COC[C@@H]1CN(C(=O)NS2(=O)=NC(=O)c3ccc4c(c3)N(C[C@H](C)[C@@H](C)[C@@H](OC)/C=C\C[C@H](C)C2)C[C@@]2(CCCc3cc(Cl)ccc32)CO4)CCO1. The molecule has 13 heteroatoms. The number of nitrogens with one attached hydrogen (secondary N) is 1. The van der Waals surface area contributed by atoms with Gasteiger partial charge in [0, 0.05) is 49.9 Å². The van der Waals surface area contributed by atoms with Gasteiger partial charge in [0.05, 0.1) is 50.0 Å². The molecule has 2 bridgehead atoms. The summed E-state index contributed by atoms with van der Waals surface area (Å²) in [5, 5.41) is 0.731. The first-order valence-corrected chi connectivity index (χ1v) is 20.5. The Morgan fingerprint density at radius 3 is 2.77 bits per heavy atom. The molecule has 0 saturated carbocycles. The second-order valence-electron chi connectivity index (χ2n) is 15.1. The van der Waals surface area contributed by atoms with Crippen LogP contribution in [-0.4, -0.2) is 99.2 Å². The lowest BCUT2D eigenvalue weighted by molar-refractivity contribution is -0.0489. The van der Waals surface area contributed by atoms with Crippen LogP contribution in [0.4, 0.5) is 10.5 Å². The van der Waals surface area contributed by atoms with Crippen molar-refractivity contribution in [1.82, 2.24) is 9.62 Å². The van der Waals surface area contributed by atoms with Crippen LogP contribution < -0.4 is 14.4 Å². The highest BCUT2D eigenvalue weighted by molar-refractivity contribution is 7.92. The lowest BCUT2D eigenvalue weighted by atomic mass is 9.70. The molecule has 0 aromatic heterocycles. The Bertz CT molecular complexity index is 1780. The summed E-state index contributed by atoms with van der Waals surface area (Å²) in [6.07, 6.45) is 7.19. The van der Waals surface area contributed by atoms with Crippen molar-refractivity contribution < 1.29 is 32.7 Å². The van der Waals surface area contributed by atoms with Crippen LogP contribution in [0.5, 0.6) is 5.75 Å². The van der Waals surface area contributed by atoms with Gasteiger partial charge < -0.3 is 28.7 Å². The minimum atomic E-state index is -3.54. The van der Waals surface area contributed by atoms with E-state index in [1.54, 1.807) is 25.2 Å². The number of fused-ring (bicyclic) bond motifs is 3. The zero-order valence-corrected chi connectivity index (χ0v) is 32.5. The van der Waals surface area contributed by atoms with Crippen LogP contribution in [0.3, 0.4) is 0 Å². The molecular weight excluding hydrogens is 704 g/mol. The molecule has 11 nitrogen and oxygen atoms in total. The van der Waals surface area contributed by atoms with E-state index in [1.807, 2.05) is 31.2 Å². The third-order valence-corrected chi connectivity index (χ3v) is 13.3. The summed E-state index contributed by atoms with van der Waals surface area (Å²) in [5.41, 5.74) is 3.29. The normalized spacial score (nSPS) is 31.9. The van der Waals surface area contributed by atoms with Gasteiger partial charge in [0.1, 0.15) is 15.7 Å². The monoisotopic (exact) mass is 756 g/mol. The number of halogens is 1. The summed E-state index contributed by atoms with van der Waals surface area (Å²) < 4.78 is 45.2. The highest BCUT2D eigenvalue weighted by Crippen LogP contribution is 2.45. The Hall–Kier alpha value is -3.16. The van der Waals surface area contributed by atoms with E-state index in [2.05, 4.69) is 46.0 Å². The number of hydrogen-bond acceptors (Lipinski definition) is 8. The van der Waals surface area contributed by atoms with E-state index in [-0.39, 0.29) is 53.2 Å². The minimum absolute atomic E-state index is 0.00358. The third-order valence-electron chi connectivity index (χ3n) is 11.1. The van der Waals surface area contributed by atoms with Crippen LogP contribution in [0, 0.1) is 17.8 Å². The van der Waals surface area contributed by atoms with Crippen LogP contribution in [0.15, 0.2) is 52.9 Å². The van der Waals surface area contributed by atoms with Gasteiger partial charge in [0.15, 0.2) is 0 Å².